The highest BCUT2D eigenvalue weighted by atomic mass is 32.1. The Balaban J connectivity index is 1.50. The van der Waals surface area contributed by atoms with E-state index in [0.29, 0.717) is 12.2 Å². The van der Waals surface area contributed by atoms with Crippen LogP contribution in [-0.4, -0.2) is 9.97 Å². The molecule has 6 heteroatoms. The van der Waals surface area contributed by atoms with Crippen LogP contribution in [0.1, 0.15) is 21.3 Å². The van der Waals surface area contributed by atoms with Crippen molar-refractivity contribution in [2.45, 2.75) is 13.5 Å². The van der Waals surface area contributed by atoms with Crippen LogP contribution in [0.25, 0.3) is 21.9 Å². The average Bonchev–Trinajstić information content (AvgIpc) is 3.31. The van der Waals surface area contributed by atoms with Gasteiger partial charge in [0.05, 0.1) is 26.5 Å². The largest absolute Gasteiger partial charge is 0.487 e. The van der Waals surface area contributed by atoms with Crippen LogP contribution in [-0.2, 0) is 6.61 Å². The summed E-state index contributed by atoms with van der Waals surface area (Å²) in [5.41, 5.74) is 3.34. The van der Waals surface area contributed by atoms with Crippen LogP contribution in [0.5, 0.6) is 5.75 Å². The lowest BCUT2D eigenvalue weighted by atomic mass is 10.1. The molecule has 0 aliphatic rings. The highest BCUT2D eigenvalue weighted by molar-refractivity contribution is 7.19. The topological polar surface area (TPSA) is 58.8 Å². The van der Waals surface area contributed by atoms with Crippen LogP contribution < -0.4 is 4.74 Å². The molecule has 0 spiro atoms. The molecule has 0 aliphatic heterocycles. The van der Waals surface area contributed by atoms with Crippen molar-refractivity contribution < 1.29 is 4.74 Å². The van der Waals surface area contributed by atoms with E-state index in [9.17, 15) is 5.26 Å². The Bertz CT molecular complexity index is 1120. The summed E-state index contributed by atoms with van der Waals surface area (Å²) in [4.78, 5) is 8.95. The van der Waals surface area contributed by atoms with E-state index in [2.05, 4.69) is 16.0 Å². The molecule has 0 N–H and O–H groups in total. The van der Waals surface area contributed by atoms with Gasteiger partial charge in [0.1, 0.15) is 23.4 Å². The van der Waals surface area contributed by atoms with E-state index in [1.807, 2.05) is 66.9 Å². The van der Waals surface area contributed by atoms with Crippen LogP contribution in [0, 0.1) is 18.3 Å². The lowest BCUT2D eigenvalue weighted by Crippen LogP contribution is -1.95. The molecule has 0 radical (unpaired) electrons. The Kier molecular flexibility index (Phi) is 4.97. The zero-order chi connectivity index (χ0) is 18.6. The number of hydrogen-bond donors (Lipinski definition) is 0. The summed E-state index contributed by atoms with van der Waals surface area (Å²) < 4.78 is 6.84. The SMILES string of the molecule is Cc1nc(COc2ccc(/C=C(\C#N)c3nc4ccccc4s3)cc2)cs1. The summed E-state index contributed by atoms with van der Waals surface area (Å²) in [6.45, 7) is 2.43. The molecule has 0 saturated carbocycles. The second-order valence-corrected chi connectivity index (χ2v) is 7.97. The first-order chi connectivity index (χ1) is 13.2. The number of ether oxygens (including phenoxy) is 1. The Hall–Kier alpha value is -3.01. The minimum absolute atomic E-state index is 0.453. The fourth-order valence-electron chi connectivity index (χ4n) is 2.59. The number of allylic oxidation sites excluding steroid dienone is 1. The Morgan fingerprint density at radius 1 is 1.15 bits per heavy atom. The number of aryl methyl sites for hydroxylation is 1. The van der Waals surface area contributed by atoms with Crippen molar-refractivity contribution in [1.29, 1.82) is 5.26 Å². The highest BCUT2D eigenvalue weighted by Crippen LogP contribution is 2.28. The predicted molar refractivity (Wildman–Crippen MR) is 111 cm³/mol. The van der Waals surface area contributed by atoms with Gasteiger partial charge in [0.2, 0.25) is 0 Å². The summed E-state index contributed by atoms with van der Waals surface area (Å²) in [5.74, 6) is 0.774. The Labute approximate surface area is 165 Å². The standard InChI is InChI=1S/C21H15N3OS2/c1-14-23-17(13-26-14)12-25-18-8-6-15(7-9-18)10-16(11-22)21-24-19-4-2-3-5-20(19)27-21/h2-10,13H,12H2,1H3/b16-10+. The molecule has 0 fully saturated rings. The summed E-state index contributed by atoms with van der Waals surface area (Å²) in [6, 6.07) is 17.8. The maximum absolute atomic E-state index is 9.55. The van der Waals surface area contributed by atoms with E-state index in [1.165, 1.54) is 11.3 Å². The maximum atomic E-state index is 9.55. The fraction of sp³-hybridized carbons (Fsp3) is 0.0952. The molecule has 0 amide bonds. The molecule has 4 aromatic rings. The first-order valence-electron chi connectivity index (χ1n) is 8.33. The van der Waals surface area contributed by atoms with Gasteiger partial charge < -0.3 is 4.74 Å². The van der Waals surface area contributed by atoms with Crippen LogP contribution in [0.3, 0.4) is 0 Å². The number of para-hydroxylation sites is 1. The number of nitrogens with zero attached hydrogens (tertiary/aromatic N) is 3. The molecule has 2 heterocycles. The number of benzene rings is 2. The van der Waals surface area contributed by atoms with Crippen molar-refractivity contribution in [3.63, 3.8) is 0 Å². The normalized spacial score (nSPS) is 11.5. The monoisotopic (exact) mass is 389 g/mol. The molecular weight excluding hydrogens is 374 g/mol. The third kappa shape index (κ3) is 4.05. The number of thiazole rings is 2. The van der Waals surface area contributed by atoms with E-state index in [4.69, 9.17) is 4.74 Å². The van der Waals surface area contributed by atoms with Crippen molar-refractivity contribution in [2.75, 3.05) is 0 Å². The highest BCUT2D eigenvalue weighted by Gasteiger charge is 2.08. The predicted octanol–water partition coefficient (Wildman–Crippen LogP) is 5.70. The summed E-state index contributed by atoms with van der Waals surface area (Å²) in [7, 11) is 0. The molecule has 0 aliphatic carbocycles. The fourth-order valence-corrected chi connectivity index (χ4v) is 4.12. The van der Waals surface area contributed by atoms with Crippen molar-refractivity contribution in [3.05, 3.63) is 75.2 Å². The summed E-state index contributed by atoms with van der Waals surface area (Å²) in [6.07, 6.45) is 1.85. The second kappa shape index (κ2) is 7.70. The Morgan fingerprint density at radius 2 is 1.96 bits per heavy atom. The van der Waals surface area contributed by atoms with Crippen molar-refractivity contribution >= 4 is 44.5 Å². The molecule has 2 aromatic carbocycles. The van der Waals surface area contributed by atoms with Gasteiger partial charge in [-0.1, -0.05) is 24.3 Å². The van der Waals surface area contributed by atoms with Crippen LogP contribution in [0.15, 0.2) is 53.9 Å². The van der Waals surface area contributed by atoms with Crippen LogP contribution in [0.4, 0.5) is 0 Å². The second-order valence-electron chi connectivity index (χ2n) is 5.87. The lowest BCUT2D eigenvalue weighted by molar-refractivity contribution is 0.302. The van der Waals surface area contributed by atoms with E-state index >= 15 is 0 Å². The minimum atomic E-state index is 0.453. The van der Waals surface area contributed by atoms with Crippen LogP contribution in [0.2, 0.25) is 0 Å². The van der Waals surface area contributed by atoms with Gasteiger partial charge in [0.15, 0.2) is 0 Å². The van der Waals surface area contributed by atoms with E-state index in [-0.39, 0.29) is 0 Å². The smallest absolute Gasteiger partial charge is 0.135 e. The van der Waals surface area contributed by atoms with Gasteiger partial charge in [0.25, 0.3) is 0 Å². The average molecular weight is 390 g/mol. The first-order valence-corrected chi connectivity index (χ1v) is 10.0. The zero-order valence-corrected chi connectivity index (χ0v) is 16.2. The van der Waals surface area contributed by atoms with Gasteiger partial charge in [-0.3, -0.25) is 0 Å². The number of rotatable bonds is 5. The molecule has 4 rings (SSSR count). The summed E-state index contributed by atoms with van der Waals surface area (Å²) in [5, 5.41) is 13.3. The van der Waals surface area contributed by atoms with Gasteiger partial charge in [0, 0.05) is 5.38 Å². The molecule has 0 saturated heterocycles. The minimum Gasteiger partial charge on any atom is -0.487 e. The molecule has 0 bridgehead atoms. The molecular formula is C21H15N3OS2. The van der Waals surface area contributed by atoms with Crippen molar-refractivity contribution in [1.82, 2.24) is 9.97 Å². The maximum Gasteiger partial charge on any atom is 0.135 e. The van der Waals surface area contributed by atoms with Gasteiger partial charge in [-0.25, -0.2) is 9.97 Å². The molecule has 132 valence electrons. The van der Waals surface area contributed by atoms with Gasteiger partial charge in [-0.2, -0.15) is 5.26 Å². The third-order valence-corrected chi connectivity index (χ3v) is 5.78. The molecule has 2 aromatic heterocycles. The quantitative estimate of drug-likeness (QED) is 0.411. The molecule has 27 heavy (non-hydrogen) atoms. The molecule has 0 atom stereocenters. The van der Waals surface area contributed by atoms with E-state index < -0.39 is 0 Å². The number of fused-ring (bicyclic) bond motifs is 1. The number of aromatic nitrogens is 2. The van der Waals surface area contributed by atoms with Crippen molar-refractivity contribution in [2.24, 2.45) is 0 Å². The van der Waals surface area contributed by atoms with E-state index in [1.54, 1.807) is 11.3 Å². The number of nitriles is 1. The van der Waals surface area contributed by atoms with Gasteiger partial charge in [-0.15, -0.1) is 22.7 Å². The first kappa shape index (κ1) is 17.4. The number of hydrogen-bond acceptors (Lipinski definition) is 6. The molecule has 4 nitrogen and oxygen atoms in total. The van der Waals surface area contributed by atoms with Gasteiger partial charge in [-0.05, 0) is 42.8 Å². The lowest BCUT2D eigenvalue weighted by Gasteiger charge is -2.04. The van der Waals surface area contributed by atoms with Crippen molar-refractivity contribution in [3.8, 4) is 11.8 Å². The third-order valence-electron chi connectivity index (χ3n) is 3.89. The van der Waals surface area contributed by atoms with E-state index in [0.717, 1.165) is 37.2 Å². The van der Waals surface area contributed by atoms with Gasteiger partial charge >= 0.3 is 0 Å². The summed E-state index contributed by atoms with van der Waals surface area (Å²) >= 11 is 3.14. The zero-order valence-electron chi connectivity index (χ0n) is 14.5. The van der Waals surface area contributed by atoms with Crippen LogP contribution >= 0.6 is 22.7 Å². The Morgan fingerprint density at radius 3 is 2.67 bits per heavy atom. The molecule has 0 unspecified atom stereocenters.